The Balaban J connectivity index is 2.12. The quantitative estimate of drug-likeness (QED) is 0.827. The molecule has 6 nitrogen and oxygen atoms in total. The Bertz CT molecular complexity index is 531. The molecule has 0 unspecified atom stereocenters. The van der Waals surface area contributed by atoms with Gasteiger partial charge < -0.3 is 10.5 Å². The van der Waals surface area contributed by atoms with Crippen molar-refractivity contribution in [2.45, 2.75) is 19.4 Å². The molecule has 16 heavy (non-hydrogen) atoms. The lowest BCUT2D eigenvalue weighted by molar-refractivity contribution is 0.403. The molecule has 1 aliphatic carbocycles. The van der Waals surface area contributed by atoms with E-state index in [-0.39, 0.29) is 5.95 Å². The third-order valence-corrected chi connectivity index (χ3v) is 2.80. The van der Waals surface area contributed by atoms with Crippen LogP contribution in [0.4, 0.5) is 5.95 Å². The number of nitrogens with two attached hydrogens (primary N) is 1. The fourth-order valence-corrected chi connectivity index (χ4v) is 1.78. The number of rotatable bonds is 3. The van der Waals surface area contributed by atoms with Crippen molar-refractivity contribution in [2.75, 3.05) is 12.8 Å². The van der Waals surface area contributed by atoms with E-state index >= 15 is 0 Å². The first-order chi connectivity index (χ1) is 7.78. The molecule has 2 aromatic heterocycles. The fourth-order valence-electron chi connectivity index (χ4n) is 1.78. The summed E-state index contributed by atoms with van der Waals surface area (Å²) in [5.74, 6) is 1.46. The van der Waals surface area contributed by atoms with Gasteiger partial charge in [-0.25, -0.2) is 4.68 Å². The summed E-state index contributed by atoms with van der Waals surface area (Å²) in [4.78, 5) is 8.23. The Kier molecular flexibility index (Phi) is 1.95. The van der Waals surface area contributed by atoms with Crippen LogP contribution < -0.4 is 10.5 Å². The maximum atomic E-state index is 5.63. The van der Waals surface area contributed by atoms with Gasteiger partial charge in [-0.2, -0.15) is 15.1 Å². The van der Waals surface area contributed by atoms with Gasteiger partial charge in [0.05, 0.1) is 13.3 Å². The number of fused-ring (bicyclic) bond motifs is 1. The Labute approximate surface area is 92.4 Å². The first kappa shape index (κ1) is 9.38. The van der Waals surface area contributed by atoms with Gasteiger partial charge in [0.1, 0.15) is 5.39 Å². The third kappa shape index (κ3) is 1.46. The van der Waals surface area contributed by atoms with E-state index in [2.05, 4.69) is 15.1 Å². The fraction of sp³-hybridized carbons (Fsp3) is 0.500. The van der Waals surface area contributed by atoms with Gasteiger partial charge in [0.2, 0.25) is 11.8 Å². The lowest BCUT2D eigenvalue weighted by Crippen LogP contribution is -2.05. The summed E-state index contributed by atoms with van der Waals surface area (Å²) in [6.07, 6.45) is 4.29. The van der Waals surface area contributed by atoms with Gasteiger partial charge in [0, 0.05) is 6.54 Å². The minimum Gasteiger partial charge on any atom is -0.480 e. The zero-order valence-electron chi connectivity index (χ0n) is 9.05. The average Bonchev–Trinajstić information content (AvgIpc) is 3.00. The van der Waals surface area contributed by atoms with Crippen LogP contribution in [0.15, 0.2) is 6.20 Å². The van der Waals surface area contributed by atoms with Gasteiger partial charge >= 0.3 is 0 Å². The van der Waals surface area contributed by atoms with Gasteiger partial charge in [0.15, 0.2) is 5.65 Å². The van der Waals surface area contributed by atoms with E-state index < -0.39 is 0 Å². The van der Waals surface area contributed by atoms with Crippen molar-refractivity contribution in [3.05, 3.63) is 6.20 Å². The number of nitrogens with zero attached hydrogens (tertiary/aromatic N) is 4. The monoisotopic (exact) mass is 219 g/mol. The van der Waals surface area contributed by atoms with Crippen molar-refractivity contribution in [3.63, 3.8) is 0 Å². The zero-order valence-corrected chi connectivity index (χ0v) is 9.05. The van der Waals surface area contributed by atoms with Gasteiger partial charge in [-0.15, -0.1) is 0 Å². The number of aromatic nitrogens is 4. The van der Waals surface area contributed by atoms with Crippen molar-refractivity contribution in [2.24, 2.45) is 5.92 Å². The number of methoxy groups -OCH3 is 1. The van der Waals surface area contributed by atoms with E-state index in [0.717, 1.165) is 23.5 Å². The summed E-state index contributed by atoms with van der Waals surface area (Å²) in [6, 6.07) is 0. The van der Waals surface area contributed by atoms with Crippen molar-refractivity contribution in [1.82, 2.24) is 19.7 Å². The van der Waals surface area contributed by atoms with Gasteiger partial charge in [-0.1, -0.05) is 0 Å². The van der Waals surface area contributed by atoms with Gasteiger partial charge in [0.25, 0.3) is 0 Å². The molecule has 0 aliphatic heterocycles. The molecule has 0 radical (unpaired) electrons. The smallest absolute Gasteiger partial charge is 0.229 e. The van der Waals surface area contributed by atoms with Gasteiger partial charge in [-0.3, -0.25) is 0 Å². The number of anilines is 1. The van der Waals surface area contributed by atoms with Crippen LogP contribution in [0, 0.1) is 5.92 Å². The first-order valence-electron chi connectivity index (χ1n) is 5.31. The van der Waals surface area contributed by atoms with Crippen LogP contribution in [0.2, 0.25) is 0 Å². The second-order valence-corrected chi connectivity index (χ2v) is 4.10. The molecule has 1 fully saturated rings. The van der Waals surface area contributed by atoms with Crippen molar-refractivity contribution in [1.29, 1.82) is 0 Å². The first-order valence-corrected chi connectivity index (χ1v) is 5.31. The second-order valence-electron chi connectivity index (χ2n) is 4.10. The number of hydrogen-bond donors (Lipinski definition) is 1. The SMILES string of the molecule is COc1nc(N)nc2c1cnn2CC1CC1. The molecule has 84 valence electrons. The average molecular weight is 219 g/mol. The predicted molar refractivity (Wildman–Crippen MR) is 59.0 cm³/mol. The van der Waals surface area contributed by atoms with E-state index in [1.807, 2.05) is 4.68 Å². The standard InChI is InChI=1S/C10H13N5O/c1-16-9-7-4-12-15(5-6-2-3-6)8(7)13-10(11)14-9/h4,6H,2-3,5H2,1H3,(H2,11,13,14). The van der Waals surface area contributed by atoms with Crippen LogP contribution in [0.25, 0.3) is 11.0 Å². The molecular formula is C10H13N5O. The summed E-state index contributed by atoms with van der Waals surface area (Å²) in [5, 5.41) is 5.12. The summed E-state index contributed by atoms with van der Waals surface area (Å²) in [5.41, 5.74) is 6.39. The normalized spacial score (nSPS) is 15.6. The summed E-state index contributed by atoms with van der Waals surface area (Å²) < 4.78 is 7.04. The molecule has 0 aromatic carbocycles. The van der Waals surface area contributed by atoms with Crippen LogP contribution in [-0.2, 0) is 6.54 Å². The lowest BCUT2D eigenvalue weighted by atomic mass is 10.4. The maximum absolute atomic E-state index is 5.63. The molecule has 2 aromatic rings. The molecule has 1 aliphatic rings. The van der Waals surface area contributed by atoms with Gasteiger partial charge in [-0.05, 0) is 18.8 Å². The highest BCUT2D eigenvalue weighted by Crippen LogP contribution is 2.32. The van der Waals surface area contributed by atoms with E-state index in [1.54, 1.807) is 13.3 Å². The topological polar surface area (TPSA) is 78.8 Å². The maximum Gasteiger partial charge on any atom is 0.229 e. The minimum absolute atomic E-state index is 0.224. The molecule has 0 bridgehead atoms. The van der Waals surface area contributed by atoms with Crippen molar-refractivity contribution < 1.29 is 4.74 Å². The molecule has 0 atom stereocenters. The molecule has 0 spiro atoms. The Morgan fingerprint density at radius 1 is 1.50 bits per heavy atom. The highest BCUT2D eigenvalue weighted by atomic mass is 16.5. The minimum atomic E-state index is 0.224. The number of hydrogen-bond acceptors (Lipinski definition) is 5. The molecule has 2 N–H and O–H groups in total. The van der Waals surface area contributed by atoms with E-state index in [1.165, 1.54) is 12.8 Å². The number of ether oxygens (including phenoxy) is 1. The molecule has 6 heteroatoms. The molecule has 1 saturated carbocycles. The van der Waals surface area contributed by atoms with Crippen molar-refractivity contribution in [3.8, 4) is 5.88 Å². The van der Waals surface area contributed by atoms with Crippen molar-refractivity contribution >= 4 is 17.0 Å². The largest absolute Gasteiger partial charge is 0.480 e. The molecule has 2 heterocycles. The summed E-state index contributed by atoms with van der Waals surface area (Å²) >= 11 is 0. The Hall–Kier alpha value is -1.85. The van der Waals surface area contributed by atoms with E-state index in [0.29, 0.717) is 5.88 Å². The summed E-state index contributed by atoms with van der Waals surface area (Å²) in [7, 11) is 1.57. The zero-order chi connectivity index (χ0) is 11.1. The molecule has 0 saturated heterocycles. The summed E-state index contributed by atoms with van der Waals surface area (Å²) in [6.45, 7) is 0.906. The van der Waals surface area contributed by atoms with Crippen LogP contribution >= 0.6 is 0 Å². The highest BCUT2D eigenvalue weighted by molar-refractivity contribution is 5.81. The molecular weight excluding hydrogens is 206 g/mol. The number of nitrogen functional groups attached to an aromatic ring is 1. The molecule has 3 rings (SSSR count). The predicted octanol–water partition coefficient (Wildman–Crippen LogP) is 0.827. The highest BCUT2D eigenvalue weighted by Gasteiger charge is 2.23. The Morgan fingerprint density at radius 2 is 2.31 bits per heavy atom. The van der Waals surface area contributed by atoms with E-state index in [9.17, 15) is 0 Å². The lowest BCUT2D eigenvalue weighted by Gasteiger charge is -2.03. The Morgan fingerprint density at radius 3 is 3.00 bits per heavy atom. The third-order valence-electron chi connectivity index (χ3n) is 2.80. The van der Waals surface area contributed by atoms with E-state index in [4.69, 9.17) is 10.5 Å². The second kappa shape index (κ2) is 3.33. The molecule has 0 amide bonds. The van der Waals surface area contributed by atoms with Crippen LogP contribution in [-0.4, -0.2) is 26.9 Å². The van der Waals surface area contributed by atoms with Crippen LogP contribution in [0.1, 0.15) is 12.8 Å². The van der Waals surface area contributed by atoms with Crippen LogP contribution in [0.5, 0.6) is 5.88 Å². The van der Waals surface area contributed by atoms with Crippen LogP contribution in [0.3, 0.4) is 0 Å².